The standard InChI is InChI=1S/C13H18OS2/c1-10(6-7-14)15-9-12-8-11-4-2-3-5-13(11)16-12/h2-5,10,12,14H,6-9H2,1H3. The minimum Gasteiger partial charge on any atom is -0.396 e. The molecule has 2 atom stereocenters. The van der Waals surface area contributed by atoms with Crippen LogP contribution < -0.4 is 0 Å². The first-order chi connectivity index (χ1) is 7.79. The number of thioether (sulfide) groups is 2. The van der Waals surface area contributed by atoms with Gasteiger partial charge in [-0.3, -0.25) is 0 Å². The van der Waals surface area contributed by atoms with Crippen molar-refractivity contribution in [3.05, 3.63) is 29.8 Å². The molecule has 0 fully saturated rings. The number of hydrogen-bond acceptors (Lipinski definition) is 3. The molecule has 1 aliphatic rings. The highest BCUT2D eigenvalue weighted by Gasteiger charge is 2.22. The highest BCUT2D eigenvalue weighted by molar-refractivity contribution is 8.03. The molecule has 2 unspecified atom stereocenters. The van der Waals surface area contributed by atoms with Crippen LogP contribution >= 0.6 is 23.5 Å². The fraction of sp³-hybridized carbons (Fsp3) is 0.538. The van der Waals surface area contributed by atoms with Gasteiger partial charge >= 0.3 is 0 Å². The molecule has 3 heteroatoms. The second kappa shape index (κ2) is 5.99. The summed E-state index contributed by atoms with van der Waals surface area (Å²) < 4.78 is 0. The number of aliphatic hydroxyl groups is 1. The van der Waals surface area contributed by atoms with Crippen molar-refractivity contribution in [2.24, 2.45) is 0 Å². The van der Waals surface area contributed by atoms with Gasteiger partial charge in [0, 0.05) is 27.8 Å². The van der Waals surface area contributed by atoms with Gasteiger partial charge in [0.15, 0.2) is 0 Å². The number of fused-ring (bicyclic) bond motifs is 1. The zero-order valence-corrected chi connectivity index (χ0v) is 11.2. The van der Waals surface area contributed by atoms with Crippen LogP contribution in [-0.2, 0) is 6.42 Å². The molecule has 2 rings (SSSR count). The average Bonchev–Trinajstić information content (AvgIpc) is 2.69. The van der Waals surface area contributed by atoms with E-state index < -0.39 is 0 Å². The Hall–Kier alpha value is -0.120. The topological polar surface area (TPSA) is 20.2 Å². The third-order valence-corrected chi connectivity index (χ3v) is 5.75. The smallest absolute Gasteiger partial charge is 0.0441 e. The Morgan fingerprint density at radius 3 is 3.06 bits per heavy atom. The van der Waals surface area contributed by atoms with Gasteiger partial charge < -0.3 is 5.11 Å². The summed E-state index contributed by atoms with van der Waals surface area (Å²) in [6.45, 7) is 2.51. The predicted molar refractivity (Wildman–Crippen MR) is 73.4 cm³/mol. The van der Waals surface area contributed by atoms with Crippen LogP contribution in [0, 0.1) is 0 Å². The van der Waals surface area contributed by atoms with Gasteiger partial charge in [-0.25, -0.2) is 0 Å². The molecule has 0 amide bonds. The molecule has 0 aromatic heterocycles. The number of benzene rings is 1. The van der Waals surface area contributed by atoms with E-state index in [9.17, 15) is 0 Å². The van der Waals surface area contributed by atoms with Crippen molar-refractivity contribution >= 4 is 23.5 Å². The van der Waals surface area contributed by atoms with Gasteiger partial charge in [-0.05, 0) is 24.5 Å². The van der Waals surface area contributed by atoms with Crippen molar-refractivity contribution in [1.82, 2.24) is 0 Å². The lowest BCUT2D eigenvalue weighted by molar-refractivity contribution is 0.289. The molecule has 1 heterocycles. The summed E-state index contributed by atoms with van der Waals surface area (Å²) >= 11 is 4.00. The SMILES string of the molecule is CC(CCO)SCC1Cc2ccccc2S1. The highest BCUT2D eigenvalue weighted by atomic mass is 32.2. The highest BCUT2D eigenvalue weighted by Crippen LogP contribution is 2.38. The lowest BCUT2D eigenvalue weighted by atomic mass is 10.1. The molecular formula is C13H18OS2. The van der Waals surface area contributed by atoms with Crippen LogP contribution in [0.2, 0.25) is 0 Å². The first-order valence-corrected chi connectivity index (χ1v) is 7.69. The van der Waals surface area contributed by atoms with Gasteiger partial charge in [0.05, 0.1) is 0 Å². The Bertz CT molecular complexity index is 315. The number of rotatable bonds is 5. The lowest BCUT2D eigenvalue weighted by Gasteiger charge is -2.12. The van der Waals surface area contributed by atoms with Crippen LogP contribution in [0.3, 0.4) is 0 Å². The maximum Gasteiger partial charge on any atom is 0.0441 e. The Labute approximate surface area is 106 Å². The molecule has 1 N–H and O–H groups in total. The molecular weight excluding hydrogens is 236 g/mol. The summed E-state index contributed by atoms with van der Waals surface area (Å²) in [4.78, 5) is 1.46. The third-order valence-electron chi connectivity index (χ3n) is 2.82. The summed E-state index contributed by atoms with van der Waals surface area (Å²) in [5, 5.41) is 10.2. The largest absolute Gasteiger partial charge is 0.396 e. The first kappa shape index (κ1) is 12.3. The van der Waals surface area contributed by atoms with Crippen molar-refractivity contribution in [1.29, 1.82) is 0 Å². The summed E-state index contributed by atoms with van der Waals surface area (Å²) in [5.41, 5.74) is 1.51. The Kier molecular flexibility index (Phi) is 4.62. The van der Waals surface area contributed by atoms with Crippen LogP contribution in [0.1, 0.15) is 18.9 Å². The maximum atomic E-state index is 8.85. The second-order valence-corrected chi connectivity index (χ2v) is 7.02. The van der Waals surface area contributed by atoms with E-state index in [2.05, 4.69) is 31.2 Å². The normalized spacial score (nSPS) is 20.8. The molecule has 1 aromatic carbocycles. The third kappa shape index (κ3) is 3.19. The van der Waals surface area contributed by atoms with E-state index in [0.29, 0.717) is 11.9 Å². The monoisotopic (exact) mass is 254 g/mol. The van der Waals surface area contributed by atoms with Crippen LogP contribution in [-0.4, -0.2) is 28.0 Å². The number of hydrogen-bond donors (Lipinski definition) is 1. The average molecular weight is 254 g/mol. The molecule has 1 aromatic rings. The fourth-order valence-corrected chi connectivity index (χ4v) is 4.41. The summed E-state index contributed by atoms with van der Waals surface area (Å²) in [5.74, 6) is 1.19. The van der Waals surface area contributed by atoms with E-state index in [1.54, 1.807) is 0 Å². The Balaban J connectivity index is 1.79. The zero-order chi connectivity index (χ0) is 11.4. The molecule has 0 radical (unpaired) electrons. The van der Waals surface area contributed by atoms with Crippen molar-refractivity contribution in [3.63, 3.8) is 0 Å². The molecule has 1 nitrogen and oxygen atoms in total. The van der Waals surface area contributed by atoms with E-state index in [-0.39, 0.29) is 0 Å². The molecule has 0 aliphatic carbocycles. The molecule has 0 saturated heterocycles. The van der Waals surface area contributed by atoms with Gasteiger partial charge in [-0.15, -0.1) is 11.8 Å². The van der Waals surface area contributed by atoms with E-state index in [0.717, 1.165) is 11.7 Å². The molecule has 88 valence electrons. The minimum absolute atomic E-state index is 0.312. The van der Waals surface area contributed by atoms with E-state index in [4.69, 9.17) is 5.11 Å². The van der Waals surface area contributed by atoms with Gasteiger partial charge in [0.2, 0.25) is 0 Å². The van der Waals surface area contributed by atoms with Gasteiger partial charge in [0.1, 0.15) is 0 Å². The summed E-state index contributed by atoms with van der Waals surface area (Å²) in [6.07, 6.45) is 2.12. The van der Waals surface area contributed by atoms with E-state index in [1.165, 1.54) is 22.6 Å². The van der Waals surface area contributed by atoms with Gasteiger partial charge in [0.25, 0.3) is 0 Å². The Morgan fingerprint density at radius 2 is 2.31 bits per heavy atom. The molecule has 1 aliphatic heterocycles. The second-order valence-electron chi connectivity index (χ2n) is 4.21. The van der Waals surface area contributed by atoms with Crippen LogP contribution in [0.5, 0.6) is 0 Å². The summed E-state index contributed by atoms with van der Waals surface area (Å²) in [7, 11) is 0. The lowest BCUT2D eigenvalue weighted by Crippen LogP contribution is -2.09. The summed E-state index contributed by atoms with van der Waals surface area (Å²) in [6, 6.07) is 8.71. The van der Waals surface area contributed by atoms with Gasteiger partial charge in [-0.1, -0.05) is 25.1 Å². The van der Waals surface area contributed by atoms with E-state index in [1.807, 2.05) is 23.5 Å². The molecule has 0 bridgehead atoms. The number of aliphatic hydroxyl groups excluding tert-OH is 1. The minimum atomic E-state index is 0.312. The molecule has 16 heavy (non-hydrogen) atoms. The van der Waals surface area contributed by atoms with Crippen molar-refractivity contribution in [2.45, 2.75) is 35.2 Å². The zero-order valence-electron chi connectivity index (χ0n) is 9.56. The van der Waals surface area contributed by atoms with Gasteiger partial charge in [-0.2, -0.15) is 11.8 Å². The quantitative estimate of drug-likeness (QED) is 0.871. The molecule has 0 saturated carbocycles. The Morgan fingerprint density at radius 1 is 1.50 bits per heavy atom. The van der Waals surface area contributed by atoms with Crippen LogP contribution in [0.25, 0.3) is 0 Å². The van der Waals surface area contributed by atoms with E-state index >= 15 is 0 Å². The first-order valence-electron chi connectivity index (χ1n) is 5.76. The predicted octanol–water partition coefficient (Wildman–Crippen LogP) is 3.21. The van der Waals surface area contributed by atoms with Crippen molar-refractivity contribution < 1.29 is 5.11 Å². The van der Waals surface area contributed by atoms with Crippen molar-refractivity contribution in [3.8, 4) is 0 Å². The fourth-order valence-electron chi connectivity index (χ4n) is 1.88. The van der Waals surface area contributed by atoms with Crippen LogP contribution in [0.15, 0.2) is 29.2 Å². The van der Waals surface area contributed by atoms with Crippen LogP contribution in [0.4, 0.5) is 0 Å². The maximum absolute atomic E-state index is 8.85. The molecule has 0 spiro atoms. The van der Waals surface area contributed by atoms with Crippen molar-refractivity contribution in [2.75, 3.05) is 12.4 Å².